The van der Waals surface area contributed by atoms with Crippen LogP contribution < -0.4 is 0 Å². The number of aliphatic hydroxyl groups excluding tert-OH is 1. The van der Waals surface area contributed by atoms with Gasteiger partial charge in [0.15, 0.2) is 5.78 Å². The van der Waals surface area contributed by atoms with E-state index < -0.39 is 11.8 Å². The Balaban J connectivity index is 1.88. The van der Waals surface area contributed by atoms with Crippen molar-refractivity contribution in [2.45, 2.75) is 72.1 Å². The van der Waals surface area contributed by atoms with Crippen molar-refractivity contribution in [3.05, 3.63) is 23.8 Å². The number of hydrogen-bond acceptors (Lipinski definition) is 3. The Labute approximate surface area is 162 Å². The second-order valence-electron chi connectivity index (χ2n) is 9.70. The van der Waals surface area contributed by atoms with Crippen molar-refractivity contribution in [2.24, 2.45) is 35.0 Å². The lowest BCUT2D eigenvalue weighted by Gasteiger charge is -2.52. The van der Waals surface area contributed by atoms with Gasteiger partial charge in [0.25, 0.3) is 0 Å². The molecule has 8 atom stereocenters. The first kappa shape index (κ1) is 20.4. The van der Waals surface area contributed by atoms with Gasteiger partial charge in [-0.3, -0.25) is 9.59 Å². The molecule has 4 heteroatoms. The summed E-state index contributed by atoms with van der Waals surface area (Å²) in [4.78, 5) is 24.1. The fourth-order valence-corrected chi connectivity index (χ4v) is 6.54. The van der Waals surface area contributed by atoms with Crippen LogP contribution in [0.4, 0.5) is 4.39 Å². The molecule has 0 bridgehead atoms. The maximum atomic E-state index is 15.7. The number of aliphatic hydroxyl groups is 1. The largest absolute Gasteiger partial charge is 0.390 e. The maximum absolute atomic E-state index is 15.7. The van der Waals surface area contributed by atoms with Gasteiger partial charge in [0.05, 0.1) is 6.10 Å². The molecule has 0 radical (unpaired) electrons. The van der Waals surface area contributed by atoms with E-state index >= 15 is 4.39 Å². The Morgan fingerprint density at radius 2 is 2.00 bits per heavy atom. The minimum atomic E-state index is -1.67. The van der Waals surface area contributed by atoms with Crippen molar-refractivity contribution in [1.29, 1.82) is 0 Å². The van der Waals surface area contributed by atoms with Gasteiger partial charge in [-0.15, -0.1) is 0 Å². The molecule has 3 nitrogen and oxygen atoms in total. The van der Waals surface area contributed by atoms with Crippen LogP contribution in [0.25, 0.3) is 0 Å². The quantitative estimate of drug-likeness (QED) is 0.789. The standard InChI is InChI=1S/C23H33FO3/c1-13-6-8-17(26)11-16(13)7-9-18-19-10-14(2)21(15(3)25)22(19,4)12-20(27)23(18,5)24/h6,8,11,13-14,18-21,27H,7,9-10,12H2,1-5H3/t13-,14-,18?,19?,20+,21-,22+,23+/m1/s1. The fraction of sp³-hybridized carbons (Fsp3) is 0.739. The Morgan fingerprint density at radius 3 is 2.63 bits per heavy atom. The van der Waals surface area contributed by atoms with E-state index in [9.17, 15) is 14.7 Å². The van der Waals surface area contributed by atoms with Crippen LogP contribution in [0.15, 0.2) is 23.8 Å². The molecule has 150 valence electrons. The third kappa shape index (κ3) is 3.35. The molecule has 27 heavy (non-hydrogen) atoms. The number of carbonyl (C=O) groups excluding carboxylic acids is 2. The molecule has 0 aromatic heterocycles. The van der Waals surface area contributed by atoms with Gasteiger partial charge in [0, 0.05) is 5.92 Å². The zero-order chi connectivity index (χ0) is 20.1. The number of hydrogen-bond donors (Lipinski definition) is 1. The summed E-state index contributed by atoms with van der Waals surface area (Å²) in [5, 5.41) is 10.7. The molecule has 2 unspecified atom stereocenters. The third-order valence-corrected chi connectivity index (χ3v) is 7.89. The molecule has 0 spiro atoms. The van der Waals surface area contributed by atoms with Crippen LogP contribution in [0, 0.1) is 35.0 Å². The summed E-state index contributed by atoms with van der Waals surface area (Å²) >= 11 is 0. The molecule has 3 aliphatic carbocycles. The normalized spacial score (nSPS) is 46.9. The summed E-state index contributed by atoms with van der Waals surface area (Å²) in [6.45, 7) is 9.37. The highest BCUT2D eigenvalue weighted by Crippen LogP contribution is 2.63. The van der Waals surface area contributed by atoms with E-state index in [2.05, 4.69) is 13.8 Å². The Kier molecular flexibility index (Phi) is 5.26. The van der Waals surface area contributed by atoms with Crippen LogP contribution in [0.5, 0.6) is 0 Å². The van der Waals surface area contributed by atoms with Crippen molar-refractivity contribution in [3.8, 4) is 0 Å². The number of halogens is 1. The average molecular weight is 377 g/mol. The number of allylic oxidation sites excluding steroid dienone is 4. The van der Waals surface area contributed by atoms with E-state index in [1.807, 2.05) is 13.0 Å². The molecule has 2 fully saturated rings. The first-order valence-electron chi connectivity index (χ1n) is 10.3. The molecule has 0 aromatic carbocycles. The van der Waals surface area contributed by atoms with E-state index in [-0.39, 0.29) is 46.6 Å². The molecule has 3 aliphatic rings. The van der Waals surface area contributed by atoms with E-state index in [1.165, 1.54) is 6.92 Å². The lowest BCUT2D eigenvalue weighted by molar-refractivity contribution is -0.152. The van der Waals surface area contributed by atoms with Crippen molar-refractivity contribution in [3.63, 3.8) is 0 Å². The van der Waals surface area contributed by atoms with Gasteiger partial charge in [-0.25, -0.2) is 4.39 Å². The lowest BCUT2D eigenvalue weighted by Crippen LogP contribution is -2.56. The predicted octanol–water partition coefficient (Wildman–Crippen LogP) is 4.44. The van der Waals surface area contributed by atoms with E-state index in [1.54, 1.807) is 19.1 Å². The number of carbonyl (C=O) groups is 2. The van der Waals surface area contributed by atoms with Crippen LogP contribution in [0.3, 0.4) is 0 Å². The Bertz CT molecular complexity index is 692. The smallest absolute Gasteiger partial charge is 0.178 e. The maximum Gasteiger partial charge on any atom is 0.178 e. The summed E-state index contributed by atoms with van der Waals surface area (Å²) in [5.41, 5.74) is -0.994. The fourth-order valence-electron chi connectivity index (χ4n) is 6.54. The number of Topliss-reactive ketones (excluding diaryl/α,β-unsaturated/α-hetero) is 1. The topological polar surface area (TPSA) is 54.4 Å². The number of ketones is 2. The number of rotatable bonds is 4. The molecular formula is C23H33FO3. The second kappa shape index (κ2) is 6.95. The summed E-state index contributed by atoms with van der Waals surface area (Å²) in [6.07, 6.45) is 6.52. The predicted molar refractivity (Wildman–Crippen MR) is 104 cm³/mol. The van der Waals surface area contributed by atoms with E-state index in [4.69, 9.17) is 0 Å². The molecule has 3 rings (SSSR count). The summed E-state index contributed by atoms with van der Waals surface area (Å²) < 4.78 is 15.7. The number of fused-ring (bicyclic) bond motifs is 1. The molecule has 2 saturated carbocycles. The Hall–Kier alpha value is -1.29. The molecular weight excluding hydrogens is 343 g/mol. The summed E-state index contributed by atoms with van der Waals surface area (Å²) in [5.74, 6) is 0.177. The highest BCUT2D eigenvalue weighted by molar-refractivity contribution is 6.00. The van der Waals surface area contributed by atoms with Gasteiger partial charge in [-0.2, -0.15) is 0 Å². The lowest BCUT2D eigenvalue weighted by atomic mass is 9.54. The van der Waals surface area contributed by atoms with Gasteiger partial charge >= 0.3 is 0 Å². The van der Waals surface area contributed by atoms with Gasteiger partial charge in [-0.1, -0.05) is 32.4 Å². The van der Waals surface area contributed by atoms with Crippen LogP contribution >= 0.6 is 0 Å². The van der Waals surface area contributed by atoms with Crippen LogP contribution in [-0.2, 0) is 9.59 Å². The molecule has 0 heterocycles. The van der Waals surface area contributed by atoms with Crippen LogP contribution in [-0.4, -0.2) is 28.4 Å². The molecule has 0 saturated heterocycles. The molecule has 0 aliphatic heterocycles. The summed E-state index contributed by atoms with van der Waals surface area (Å²) in [6, 6.07) is 0. The van der Waals surface area contributed by atoms with Crippen LogP contribution in [0.1, 0.15) is 60.3 Å². The van der Waals surface area contributed by atoms with Crippen molar-refractivity contribution < 1.29 is 19.1 Å². The highest BCUT2D eigenvalue weighted by Gasteiger charge is 2.63. The zero-order valence-corrected chi connectivity index (χ0v) is 17.2. The summed E-state index contributed by atoms with van der Waals surface area (Å²) in [7, 11) is 0. The SMILES string of the molecule is CC(=O)[C@H]1[C@H](C)CC2C(CCC3=CC(=O)C=C[C@H]3C)[C@](C)(F)[C@@H](O)C[C@@]21C. The second-order valence-corrected chi connectivity index (χ2v) is 9.70. The minimum Gasteiger partial charge on any atom is -0.390 e. The van der Waals surface area contributed by atoms with Gasteiger partial charge in [0.1, 0.15) is 11.5 Å². The number of alkyl halides is 1. The first-order valence-corrected chi connectivity index (χ1v) is 10.3. The molecule has 0 amide bonds. The van der Waals surface area contributed by atoms with Crippen LogP contribution in [0.2, 0.25) is 0 Å². The van der Waals surface area contributed by atoms with Gasteiger partial charge in [0.2, 0.25) is 0 Å². The van der Waals surface area contributed by atoms with Crippen molar-refractivity contribution in [2.75, 3.05) is 0 Å². The first-order chi connectivity index (χ1) is 12.5. The van der Waals surface area contributed by atoms with E-state index in [0.717, 1.165) is 12.0 Å². The monoisotopic (exact) mass is 376 g/mol. The van der Waals surface area contributed by atoms with Gasteiger partial charge in [-0.05, 0) is 80.8 Å². The molecule has 0 aromatic rings. The third-order valence-electron chi connectivity index (χ3n) is 7.89. The van der Waals surface area contributed by atoms with Gasteiger partial charge < -0.3 is 5.11 Å². The minimum absolute atomic E-state index is 0.00856. The van der Waals surface area contributed by atoms with Crippen molar-refractivity contribution in [1.82, 2.24) is 0 Å². The average Bonchev–Trinajstić information content (AvgIpc) is 2.80. The highest BCUT2D eigenvalue weighted by atomic mass is 19.1. The zero-order valence-electron chi connectivity index (χ0n) is 17.2. The molecule has 1 N–H and O–H groups in total. The van der Waals surface area contributed by atoms with Crippen molar-refractivity contribution >= 4 is 11.6 Å². The van der Waals surface area contributed by atoms with E-state index in [0.29, 0.717) is 19.3 Å². The Morgan fingerprint density at radius 1 is 1.33 bits per heavy atom.